The first-order valence-corrected chi connectivity index (χ1v) is 5.59. The molecule has 2 aromatic rings. The monoisotopic (exact) mass is 285 g/mol. The van der Waals surface area contributed by atoms with Crippen LogP contribution in [-0.2, 0) is 6.61 Å². The highest BCUT2D eigenvalue weighted by Gasteiger charge is 2.30. The van der Waals surface area contributed by atoms with Crippen molar-refractivity contribution in [2.24, 2.45) is 0 Å². The van der Waals surface area contributed by atoms with Gasteiger partial charge in [0.2, 0.25) is 0 Å². The minimum Gasteiger partial charge on any atom is -0.619 e. The van der Waals surface area contributed by atoms with E-state index in [1.54, 1.807) is 0 Å². The van der Waals surface area contributed by atoms with Gasteiger partial charge in [0.1, 0.15) is 18.1 Å². The van der Waals surface area contributed by atoms with Crippen LogP contribution in [0.4, 0.5) is 13.2 Å². The summed E-state index contributed by atoms with van der Waals surface area (Å²) in [6, 6.07) is 8.35. The summed E-state index contributed by atoms with van der Waals surface area (Å²) in [6.45, 7) is 0.176. The Morgan fingerprint density at radius 2 is 1.55 bits per heavy atom. The zero-order chi connectivity index (χ0) is 14.6. The first kappa shape index (κ1) is 14.0. The maximum Gasteiger partial charge on any atom is 0.573 e. The first-order valence-electron chi connectivity index (χ1n) is 5.59. The molecule has 0 atom stereocenters. The second-order valence-electron chi connectivity index (χ2n) is 3.87. The molecule has 0 bridgehead atoms. The van der Waals surface area contributed by atoms with Crippen LogP contribution in [0.3, 0.4) is 0 Å². The molecule has 1 aromatic carbocycles. The van der Waals surface area contributed by atoms with Crippen LogP contribution in [-0.4, -0.2) is 6.36 Å². The van der Waals surface area contributed by atoms with Gasteiger partial charge < -0.3 is 14.7 Å². The van der Waals surface area contributed by atoms with Crippen molar-refractivity contribution in [1.82, 2.24) is 0 Å². The van der Waals surface area contributed by atoms with Gasteiger partial charge in [0.05, 0.1) is 0 Å². The predicted octanol–water partition coefficient (Wildman–Crippen LogP) is 2.80. The Balaban J connectivity index is 1.92. The summed E-state index contributed by atoms with van der Waals surface area (Å²) in [6.07, 6.45) is -2.12. The maximum atomic E-state index is 12.0. The van der Waals surface area contributed by atoms with Gasteiger partial charge in [0, 0.05) is 12.1 Å². The van der Waals surface area contributed by atoms with Gasteiger partial charge in [-0.15, -0.1) is 13.2 Å². The number of pyridine rings is 1. The number of halogens is 3. The number of rotatable bonds is 4. The Kier molecular flexibility index (Phi) is 3.97. The fourth-order valence-corrected chi connectivity index (χ4v) is 1.45. The van der Waals surface area contributed by atoms with E-state index in [4.69, 9.17) is 4.74 Å². The van der Waals surface area contributed by atoms with Gasteiger partial charge in [0.15, 0.2) is 12.4 Å². The quantitative estimate of drug-likeness (QED) is 0.641. The minimum atomic E-state index is -4.70. The standard InChI is InChI=1S/C13H10F3NO3/c14-13(15,16)20-12-3-1-10(2-4-12)9-19-11-5-7-17(18)8-6-11/h1-8H,9H2. The molecule has 0 radical (unpaired) electrons. The summed E-state index contributed by atoms with van der Waals surface area (Å²) in [7, 11) is 0. The third kappa shape index (κ3) is 4.34. The number of ether oxygens (including phenoxy) is 2. The highest BCUT2D eigenvalue weighted by molar-refractivity contribution is 5.27. The second kappa shape index (κ2) is 5.68. The first-order chi connectivity index (χ1) is 9.42. The van der Waals surface area contributed by atoms with Crippen LogP contribution < -0.4 is 14.2 Å². The second-order valence-corrected chi connectivity index (χ2v) is 3.87. The number of hydrogen-bond donors (Lipinski definition) is 0. The lowest BCUT2D eigenvalue weighted by Crippen LogP contribution is -2.23. The molecular formula is C13H10F3NO3. The molecule has 0 unspecified atom stereocenters. The summed E-state index contributed by atoms with van der Waals surface area (Å²) in [5, 5.41) is 10.8. The molecule has 1 aromatic heterocycles. The van der Waals surface area contributed by atoms with E-state index in [-0.39, 0.29) is 12.4 Å². The minimum absolute atomic E-state index is 0.176. The molecule has 4 nitrogen and oxygen atoms in total. The van der Waals surface area contributed by atoms with E-state index in [0.717, 1.165) is 0 Å². The largest absolute Gasteiger partial charge is 0.619 e. The smallest absolute Gasteiger partial charge is 0.573 e. The van der Waals surface area contributed by atoms with E-state index in [0.29, 0.717) is 16.0 Å². The normalized spacial score (nSPS) is 11.2. The Hall–Kier alpha value is -2.44. The molecule has 0 aliphatic carbocycles. The van der Waals surface area contributed by atoms with Gasteiger partial charge in [-0.2, -0.15) is 4.73 Å². The molecule has 0 saturated carbocycles. The summed E-state index contributed by atoms with van der Waals surface area (Å²) in [5.74, 6) is 0.209. The van der Waals surface area contributed by atoms with Gasteiger partial charge in [-0.25, -0.2) is 0 Å². The average Bonchev–Trinajstić information content (AvgIpc) is 2.38. The van der Waals surface area contributed by atoms with Crippen LogP contribution in [0, 0.1) is 5.21 Å². The van der Waals surface area contributed by atoms with Gasteiger partial charge >= 0.3 is 6.36 Å². The van der Waals surface area contributed by atoms with E-state index in [9.17, 15) is 18.4 Å². The fourth-order valence-electron chi connectivity index (χ4n) is 1.45. The van der Waals surface area contributed by atoms with Crippen molar-refractivity contribution in [3.8, 4) is 11.5 Å². The zero-order valence-electron chi connectivity index (χ0n) is 10.1. The van der Waals surface area contributed by atoms with E-state index >= 15 is 0 Å². The Morgan fingerprint density at radius 3 is 2.10 bits per heavy atom. The van der Waals surface area contributed by atoms with Crippen LogP contribution in [0.25, 0.3) is 0 Å². The molecule has 0 fully saturated rings. The van der Waals surface area contributed by atoms with Crippen molar-refractivity contribution in [3.63, 3.8) is 0 Å². The lowest BCUT2D eigenvalue weighted by Gasteiger charge is -2.10. The highest BCUT2D eigenvalue weighted by atomic mass is 19.4. The van der Waals surface area contributed by atoms with E-state index < -0.39 is 6.36 Å². The third-order valence-corrected chi connectivity index (χ3v) is 2.33. The van der Waals surface area contributed by atoms with Crippen LogP contribution in [0.15, 0.2) is 48.8 Å². The number of benzene rings is 1. The molecular weight excluding hydrogens is 275 g/mol. The van der Waals surface area contributed by atoms with Crippen molar-refractivity contribution in [1.29, 1.82) is 0 Å². The number of alkyl halides is 3. The van der Waals surface area contributed by atoms with Crippen LogP contribution >= 0.6 is 0 Å². The van der Waals surface area contributed by atoms with E-state index in [2.05, 4.69) is 4.74 Å². The lowest BCUT2D eigenvalue weighted by molar-refractivity contribution is -0.605. The van der Waals surface area contributed by atoms with E-state index in [1.165, 1.54) is 48.8 Å². The number of nitrogens with zero attached hydrogens (tertiary/aromatic N) is 1. The summed E-state index contributed by atoms with van der Waals surface area (Å²) in [5.41, 5.74) is 0.679. The van der Waals surface area contributed by atoms with Crippen molar-refractivity contribution in [2.75, 3.05) is 0 Å². The van der Waals surface area contributed by atoms with Crippen LogP contribution in [0.5, 0.6) is 11.5 Å². The number of aromatic nitrogens is 1. The van der Waals surface area contributed by atoms with Crippen LogP contribution in [0.1, 0.15) is 5.56 Å². The van der Waals surface area contributed by atoms with Crippen molar-refractivity contribution < 1.29 is 27.4 Å². The molecule has 2 rings (SSSR count). The van der Waals surface area contributed by atoms with Crippen molar-refractivity contribution >= 4 is 0 Å². The van der Waals surface area contributed by atoms with E-state index in [1.807, 2.05) is 0 Å². The van der Waals surface area contributed by atoms with Gasteiger partial charge in [0.25, 0.3) is 0 Å². The third-order valence-electron chi connectivity index (χ3n) is 2.33. The topological polar surface area (TPSA) is 45.4 Å². The fraction of sp³-hybridized carbons (Fsp3) is 0.154. The average molecular weight is 285 g/mol. The molecule has 0 aliphatic heterocycles. The van der Waals surface area contributed by atoms with Gasteiger partial charge in [-0.1, -0.05) is 12.1 Å². The SMILES string of the molecule is [O-][n+]1ccc(OCc2ccc(OC(F)(F)F)cc2)cc1. The molecule has 0 spiro atoms. The van der Waals surface area contributed by atoms with Crippen molar-refractivity contribution in [3.05, 3.63) is 59.6 Å². The molecule has 7 heteroatoms. The molecule has 0 aliphatic rings. The van der Waals surface area contributed by atoms with Crippen LogP contribution in [0.2, 0.25) is 0 Å². The molecule has 20 heavy (non-hydrogen) atoms. The van der Waals surface area contributed by atoms with Crippen molar-refractivity contribution in [2.45, 2.75) is 13.0 Å². The van der Waals surface area contributed by atoms with Gasteiger partial charge in [-0.3, -0.25) is 0 Å². The summed E-state index contributed by atoms with van der Waals surface area (Å²) >= 11 is 0. The molecule has 1 heterocycles. The highest BCUT2D eigenvalue weighted by Crippen LogP contribution is 2.23. The Labute approximate surface area is 112 Å². The molecule has 0 saturated heterocycles. The lowest BCUT2D eigenvalue weighted by atomic mass is 10.2. The summed E-state index contributed by atoms with van der Waals surface area (Å²) in [4.78, 5) is 0. The Bertz CT molecular complexity index is 553. The molecule has 0 N–H and O–H groups in total. The zero-order valence-corrected chi connectivity index (χ0v) is 10.1. The predicted molar refractivity (Wildman–Crippen MR) is 62.9 cm³/mol. The van der Waals surface area contributed by atoms with Gasteiger partial charge in [-0.05, 0) is 17.7 Å². The summed E-state index contributed by atoms with van der Waals surface area (Å²) < 4.78 is 45.7. The number of hydrogen-bond acceptors (Lipinski definition) is 3. The molecule has 106 valence electrons. The molecule has 0 amide bonds. The maximum absolute atomic E-state index is 12.0. The Morgan fingerprint density at radius 1 is 0.950 bits per heavy atom.